The highest BCUT2D eigenvalue weighted by Crippen LogP contribution is 2.36. The fraction of sp³-hybridized carbons (Fsp3) is 1.00. The zero-order valence-corrected chi connectivity index (χ0v) is 6.09. The summed E-state index contributed by atoms with van der Waals surface area (Å²) in [5.41, 5.74) is 0. The van der Waals surface area contributed by atoms with Crippen LogP contribution < -0.4 is 0 Å². The lowest BCUT2D eigenvalue weighted by Crippen LogP contribution is -2.42. The Morgan fingerprint density at radius 2 is 1.42 bits per heavy atom. The molecular formula is C3H3F5O3S. The Morgan fingerprint density at radius 1 is 1.08 bits per heavy atom. The molecule has 1 N–H and O–H groups in total. The van der Waals surface area contributed by atoms with Crippen LogP contribution in [0.25, 0.3) is 0 Å². The van der Waals surface area contributed by atoms with E-state index in [0.717, 1.165) is 0 Å². The third kappa shape index (κ3) is 3.30. The SMILES string of the molecule is O=S(=O)(O)CC(F)(F)C(F)(F)F. The molecule has 0 atom stereocenters. The lowest BCUT2D eigenvalue weighted by molar-refractivity contribution is -0.271. The van der Waals surface area contributed by atoms with E-state index < -0.39 is 28.0 Å². The van der Waals surface area contributed by atoms with Gasteiger partial charge in [0.2, 0.25) is 0 Å². The molecule has 0 aromatic carbocycles. The molecule has 0 aliphatic rings. The van der Waals surface area contributed by atoms with E-state index in [-0.39, 0.29) is 0 Å². The van der Waals surface area contributed by atoms with Crippen molar-refractivity contribution in [3.8, 4) is 0 Å². The van der Waals surface area contributed by atoms with Gasteiger partial charge < -0.3 is 0 Å². The van der Waals surface area contributed by atoms with Crippen LogP contribution in [0.1, 0.15) is 0 Å². The van der Waals surface area contributed by atoms with Crippen LogP contribution in [0.4, 0.5) is 22.0 Å². The molecule has 0 unspecified atom stereocenters. The van der Waals surface area contributed by atoms with E-state index in [9.17, 15) is 30.4 Å². The Kier molecular flexibility index (Phi) is 2.70. The molecule has 3 nitrogen and oxygen atoms in total. The van der Waals surface area contributed by atoms with Crippen molar-refractivity contribution in [3.05, 3.63) is 0 Å². The summed E-state index contributed by atoms with van der Waals surface area (Å²) in [6, 6.07) is 0. The first-order chi connectivity index (χ1) is 4.96. The van der Waals surface area contributed by atoms with E-state index in [0.29, 0.717) is 0 Å². The van der Waals surface area contributed by atoms with Gasteiger partial charge in [0, 0.05) is 0 Å². The fourth-order valence-electron chi connectivity index (χ4n) is 0.311. The second kappa shape index (κ2) is 2.80. The average Bonchev–Trinajstić information content (AvgIpc) is 1.52. The van der Waals surface area contributed by atoms with Crippen LogP contribution in [-0.4, -0.2) is 30.8 Å². The molecule has 0 aliphatic heterocycles. The minimum Gasteiger partial charge on any atom is -0.285 e. The predicted molar refractivity (Wildman–Crippen MR) is 27.4 cm³/mol. The molecule has 0 aromatic rings. The third-order valence-electron chi connectivity index (χ3n) is 0.778. The Balaban J connectivity index is 4.67. The first kappa shape index (κ1) is 11.6. The number of hydrogen-bond acceptors (Lipinski definition) is 2. The van der Waals surface area contributed by atoms with Gasteiger partial charge in [0.15, 0.2) is 0 Å². The standard InChI is InChI=1S/C3H3F5O3S/c4-2(5,3(6,7)8)1-12(9,10)11/h1H2,(H,9,10,11). The van der Waals surface area contributed by atoms with Crippen LogP contribution in [0.5, 0.6) is 0 Å². The summed E-state index contributed by atoms with van der Waals surface area (Å²) in [5.74, 6) is -8.07. The molecule has 0 rings (SSSR count). The molecule has 74 valence electrons. The van der Waals surface area contributed by atoms with E-state index in [2.05, 4.69) is 0 Å². The van der Waals surface area contributed by atoms with Gasteiger partial charge in [-0.05, 0) is 0 Å². The zero-order valence-electron chi connectivity index (χ0n) is 5.27. The molecule has 0 saturated heterocycles. The van der Waals surface area contributed by atoms with Crippen molar-refractivity contribution < 1.29 is 34.9 Å². The summed E-state index contributed by atoms with van der Waals surface area (Å²) in [7, 11) is -5.33. The lowest BCUT2D eigenvalue weighted by atomic mass is 10.4. The Bertz CT molecular complexity index is 252. The predicted octanol–water partition coefficient (Wildman–Crippen LogP) is 1.07. The van der Waals surface area contributed by atoms with E-state index in [4.69, 9.17) is 4.55 Å². The molecule has 0 heterocycles. The van der Waals surface area contributed by atoms with Crippen molar-refractivity contribution in [2.75, 3.05) is 5.75 Å². The molecule has 0 bridgehead atoms. The van der Waals surface area contributed by atoms with Crippen molar-refractivity contribution >= 4 is 10.1 Å². The molecule has 0 radical (unpaired) electrons. The van der Waals surface area contributed by atoms with Crippen LogP contribution in [0, 0.1) is 0 Å². The second-order valence-corrected chi connectivity index (χ2v) is 3.38. The van der Waals surface area contributed by atoms with Gasteiger partial charge in [0.1, 0.15) is 5.75 Å². The maximum atomic E-state index is 11.8. The Labute approximate surface area is 63.9 Å². The summed E-state index contributed by atoms with van der Waals surface area (Å²) < 4.78 is 84.3. The molecular weight excluding hydrogens is 211 g/mol. The van der Waals surface area contributed by atoms with Crippen molar-refractivity contribution in [1.29, 1.82) is 0 Å². The number of halogens is 5. The molecule has 0 spiro atoms. The van der Waals surface area contributed by atoms with Crippen molar-refractivity contribution in [2.24, 2.45) is 0 Å². The average molecular weight is 214 g/mol. The fourth-order valence-corrected chi connectivity index (χ4v) is 0.933. The van der Waals surface area contributed by atoms with E-state index in [1.165, 1.54) is 0 Å². The van der Waals surface area contributed by atoms with E-state index >= 15 is 0 Å². The number of hydrogen-bond donors (Lipinski definition) is 1. The van der Waals surface area contributed by atoms with Crippen LogP contribution in [-0.2, 0) is 10.1 Å². The normalized spacial score (nSPS) is 14.8. The lowest BCUT2D eigenvalue weighted by Gasteiger charge is -2.17. The molecule has 0 amide bonds. The van der Waals surface area contributed by atoms with E-state index in [1.54, 1.807) is 0 Å². The highest BCUT2D eigenvalue weighted by Gasteiger charge is 2.59. The Hall–Kier alpha value is -0.440. The molecule has 0 aliphatic carbocycles. The van der Waals surface area contributed by atoms with Crippen LogP contribution in [0.15, 0.2) is 0 Å². The van der Waals surface area contributed by atoms with Crippen molar-refractivity contribution in [2.45, 2.75) is 12.1 Å². The number of rotatable bonds is 2. The Morgan fingerprint density at radius 3 is 1.50 bits per heavy atom. The molecule has 12 heavy (non-hydrogen) atoms. The smallest absolute Gasteiger partial charge is 0.285 e. The first-order valence-corrected chi connectivity index (χ1v) is 3.96. The van der Waals surface area contributed by atoms with E-state index in [1.807, 2.05) is 0 Å². The van der Waals surface area contributed by atoms with Crippen molar-refractivity contribution in [3.63, 3.8) is 0 Å². The summed E-state index contributed by atoms with van der Waals surface area (Å²) in [5, 5.41) is 0. The summed E-state index contributed by atoms with van der Waals surface area (Å²) in [6.07, 6.45) is -5.97. The zero-order chi connectivity index (χ0) is 10.2. The van der Waals surface area contributed by atoms with Gasteiger partial charge in [-0.2, -0.15) is 30.4 Å². The molecule has 9 heteroatoms. The quantitative estimate of drug-likeness (QED) is 0.552. The third-order valence-corrected chi connectivity index (χ3v) is 1.51. The van der Waals surface area contributed by atoms with Gasteiger partial charge in [0.25, 0.3) is 10.1 Å². The second-order valence-electron chi connectivity index (χ2n) is 1.93. The van der Waals surface area contributed by atoms with Gasteiger partial charge in [-0.3, -0.25) is 4.55 Å². The summed E-state index contributed by atoms with van der Waals surface area (Å²) >= 11 is 0. The molecule has 0 aromatic heterocycles. The van der Waals surface area contributed by atoms with Crippen LogP contribution >= 0.6 is 0 Å². The van der Waals surface area contributed by atoms with Crippen LogP contribution in [0.2, 0.25) is 0 Å². The van der Waals surface area contributed by atoms with Gasteiger partial charge in [-0.15, -0.1) is 0 Å². The maximum absolute atomic E-state index is 11.8. The summed E-state index contributed by atoms with van der Waals surface area (Å²) in [4.78, 5) is 0. The maximum Gasteiger partial charge on any atom is 0.454 e. The first-order valence-electron chi connectivity index (χ1n) is 2.35. The molecule has 0 fully saturated rings. The highest BCUT2D eigenvalue weighted by atomic mass is 32.2. The molecule has 0 saturated carbocycles. The minimum atomic E-state index is -5.97. The topological polar surface area (TPSA) is 54.4 Å². The van der Waals surface area contributed by atoms with Gasteiger partial charge in [-0.1, -0.05) is 0 Å². The summed E-state index contributed by atoms with van der Waals surface area (Å²) in [6.45, 7) is 0. The van der Waals surface area contributed by atoms with Gasteiger partial charge in [0.05, 0.1) is 0 Å². The number of alkyl halides is 5. The monoisotopic (exact) mass is 214 g/mol. The van der Waals surface area contributed by atoms with Gasteiger partial charge >= 0.3 is 12.1 Å². The minimum absolute atomic E-state index is 2.65. The highest BCUT2D eigenvalue weighted by molar-refractivity contribution is 7.85. The van der Waals surface area contributed by atoms with Crippen molar-refractivity contribution in [1.82, 2.24) is 0 Å². The largest absolute Gasteiger partial charge is 0.454 e. The van der Waals surface area contributed by atoms with Crippen LogP contribution in [0.3, 0.4) is 0 Å². The van der Waals surface area contributed by atoms with Gasteiger partial charge in [-0.25, -0.2) is 0 Å².